The SMILES string of the molecule is O=C(NCc1ccc(Cl)cc1)C1(C(=O)Nc2ccc(F)c(F)c2)CC1. The van der Waals surface area contributed by atoms with Gasteiger partial charge in [-0.1, -0.05) is 23.7 Å². The number of rotatable bonds is 5. The minimum Gasteiger partial charge on any atom is -0.351 e. The van der Waals surface area contributed by atoms with Crippen molar-refractivity contribution in [1.29, 1.82) is 0 Å². The van der Waals surface area contributed by atoms with Gasteiger partial charge in [-0.25, -0.2) is 8.78 Å². The number of nitrogens with one attached hydrogen (secondary N) is 2. The van der Waals surface area contributed by atoms with Gasteiger partial charge in [-0.15, -0.1) is 0 Å². The van der Waals surface area contributed by atoms with Crippen LogP contribution < -0.4 is 10.6 Å². The monoisotopic (exact) mass is 364 g/mol. The van der Waals surface area contributed by atoms with Crippen LogP contribution in [0.15, 0.2) is 42.5 Å². The van der Waals surface area contributed by atoms with Gasteiger partial charge in [0, 0.05) is 23.3 Å². The summed E-state index contributed by atoms with van der Waals surface area (Å²) in [4.78, 5) is 24.8. The minimum absolute atomic E-state index is 0.112. The molecule has 1 saturated carbocycles. The lowest BCUT2D eigenvalue weighted by Crippen LogP contribution is -2.39. The lowest BCUT2D eigenvalue weighted by atomic mass is 10.0. The van der Waals surface area contributed by atoms with Gasteiger partial charge in [-0.05, 0) is 42.7 Å². The Bertz CT molecular complexity index is 820. The van der Waals surface area contributed by atoms with Crippen molar-refractivity contribution in [1.82, 2.24) is 5.32 Å². The van der Waals surface area contributed by atoms with Gasteiger partial charge in [0.15, 0.2) is 11.6 Å². The maximum absolute atomic E-state index is 13.2. The van der Waals surface area contributed by atoms with Crippen LogP contribution in [0.3, 0.4) is 0 Å². The van der Waals surface area contributed by atoms with E-state index in [1.807, 2.05) is 0 Å². The molecule has 1 aliphatic rings. The molecule has 7 heteroatoms. The van der Waals surface area contributed by atoms with Crippen LogP contribution in [0.25, 0.3) is 0 Å². The Kier molecular flexibility index (Phi) is 4.72. The predicted molar refractivity (Wildman–Crippen MR) is 90.0 cm³/mol. The summed E-state index contributed by atoms with van der Waals surface area (Å²) in [7, 11) is 0. The second-order valence-electron chi connectivity index (χ2n) is 5.97. The fraction of sp³-hybridized carbons (Fsp3) is 0.222. The molecule has 1 fully saturated rings. The third kappa shape index (κ3) is 3.79. The summed E-state index contributed by atoms with van der Waals surface area (Å²) in [6, 6.07) is 10.0. The van der Waals surface area contributed by atoms with Crippen molar-refractivity contribution in [2.45, 2.75) is 19.4 Å². The van der Waals surface area contributed by atoms with Gasteiger partial charge >= 0.3 is 0 Å². The Balaban J connectivity index is 1.62. The maximum atomic E-state index is 13.2. The maximum Gasteiger partial charge on any atom is 0.240 e. The molecular formula is C18H15ClF2N2O2. The second-order valence-corrected chi connectivity index (χ2v) is 6.41. The highest BCUT2D eigenvalue weighted by Crippen LogP contribution is 2.47. The average molecular weight is 365 g/mol. The summed E-state index contributed by atoms with van der Waals surface area (Å²) in [5.41, 5.74) is -0.188. The first-order chi connectivity index (χ1) is 11.9. The van der Waals surface area contributed by atoms with E-state index in [1.165, 1.54) is 6.07 Å². The fourth-order valence-electron chi connectivity index (χ4n) is 2.46. The summed E-state index contributed by atoms with van der Waals surface area (Å²) in [5.74, 6) is -2.97. The van der Waals surface area contributed by atoms with Crippen molar-refractivity contribution in [3.63, 3.8) is 0 Å². The Labute approximate surface area is 148 Å². The Morgan fingerprint density at radius 1 is 1.00 bits per heavy atom. The average Bonchev–Trinajstić information content (AvgIpc) is 3.39. The zero-order valence-electron chi connectivity index (χ0n) is 13.1. The van der Waals surface area contributed by atoms with Crippen LogP contribution in [0, 0.1) is 17.0 Å². The summed E-state index contributed by atoms with van der Waals surface area (Å²) in [6.07, 6.45) is 0.823. The van der Waals surface area contributed by atoms with E-state index in [0.29, 0.717) is 17.9 Å². The molecule has 0 heterocycles. The van der Waals surface area contributed by atoms with Crippen LogP contribution in [-0.4, -0.2) is 11.8 Å². The van der Waals surface area contributed by atoms with Crippen LogP contribution in [0.2, 0.25) is 5.02 Å². The van der Waals surface area contributed by atoms with Crippen molar-refractivity contribution in [3.05, 3.63) is 64.7 Å². The zero-order valence-corrected chi connectivity index (χ0v) is 13.9. The van der Waals surface area contributed by atoms with Crippen molar-refractivity contribution in [2.24, 2.45) is 5.41 Å². The number of hydrogen-bond acceptors (Lipinski definition) is 2. The molecule has 130 valence electrons. The highest BCUT2D eigenvalue weighted by atomic mass is 35.5. The van der Waals surface area contributed by atoms with Gasteiger partial charge in [0.25, 0.3) is 0 Å². The Hall–Kier alpha value is -2.47. The molecule has 25 heavy (non-hydrogen) atoms. The number of halogens is 3. The van der Waals surface area contributed by atoms with Crippen LogP contribution in [0.4, 0.5) is 14.5 Å². The number of hydrogen-bond donors (Lipinski definition) is 2. The normalized spacial score (nSPS) is 14.7. The number of carbonyl (C=O) groups is 2. The van der Waals surface area contributed by atoms with E-state index in [4.69, 9.17) is 11.6 Å². The Morgan fingerprint density at radius 2 is 1.68 bits per heavy atom. The first kappa shape index (κ1) is 17.4. The van der Waals surface area contributed by atoms with Gasteiger partial charge < -0.3 is 10.6 Å². The molecule has 0 spiro atoms. The van der Waals surface area contributed by atoms with Gasteiger partial charge in [-0.3, -0.25) is 9.59 Å². The number of anilines is 1. The van der Waals surface area contributed by atoms with Crippen LogP contribution in [0.5, 0.6) is 0 Å². The molecule has 0 aromatic heterocycles. The largest absolute Gasteiger partial charge is 0.351 e. The van der Waals surface area contributed by atoms with E-state index in [2.05, 4.69) is 10.6 Å². The summed E-state index contributed by atoms with van der Waals surface area (Å²) in [6.45, 7) is 0.274. The summed E-state index contributed by atoms with van der Waals surface area (Å²) in [5, 5.41) is 5.80. The van der Waals surface area contributed by atoms with E-state index >= 15 is 0 Å². The molecule has 3 rings (SSSR count). The molecular weight excluding hydrogens is 350 g/mol. The first-order valence-electron chi connectivity index (χ1n) is 7.70. The van der Waals surface area contributed by atoms with Crippen molar-refractivity contribution >= 4 is 29.1 Å². The third-order valence-electron chi connectivity index (χ3n) is 4.16. The molecule has 0 bridgehead atoms. The number of benzene rings is 2. The molecule has 0 unspecified atom stereocenters. The highest BCUT2D eigenvalue weighted by molar-refractivity contribution is 6.30. The highest BCUT2D eigenvalue weighted by Gasteiger charge is 2.56. The smallest absolute Gasteiger partial charge is 0.240 e. The number of carbonyl (C=O) groups excluding carboxylic acids is 2. The quantitative estimate of drug-likeness (QED) is 0.795. The van der Waals surface area contributed by atoms with Crippen molar-refractivity contribution in [2.75, 3.05) is 5.32 Å². The molecule has 2 aromatic carbocycles. The third-order valence-corrected chi connectivity index (χ3v) is 4.42. The molecule has 0 atom stereocenters. The van der Waals surface area contributed by atoms with Crippen molar-refractivity contribution < 1.29 is 18.4 Å². The van der Waals surface area contributed by atoms with Crippen LogP contribution in [0.1, 0.15) is 18.4 Å². The molecule has 0 saturated heterocycles. The molecule has 2 aromatic rings. The van der Waals surface area contributed by atoms with E-state index in [1.54, 1.807) is 24.3 Å². The van der Waals surface area contributed by atoms with Crippen LogP contribution in [-0.2, 0) is 16.1 Å². The van der Waals surface area contributed by atoms with Gasteiger partial charge in [-0.2, -0.15) is 0 Å². The summed E-state index contributed by atoms with van der Waals surface area (Å²) < 4.78 is 26.2. The van der Waals surface area contributed by atoms with E-state index < -0.39 is 23.0 Å². The summed E-state index contributed by atoms with van der Waals surface area (Å²) >= 11 is 5.81. The minimum atomic E-state index is -1.16. The fourth-order valence-corrected chi connectivity index (χ4v) is 2.59. The Morgan fingerprint density at radius 3 is 2.28 bits per heavy atom. The molecule has 2 N–H and O–H groups in total. The molecule has 2 amide bonds. The molecule has 4 nitrogen and oxygen atoms in total. The van der Waals surface area contributed by atoms with E-state index in [9.17, 15) is 18.4 Å². The predicted octanol–water partition coefficient (Wildman–Crippen LogP) is 3.65. The number of amides is 2. The standard InChI is InChI=1S/C18H15ClF2N2O2/c19-12-3-1-11(2-4-12)10-22-16(24)18(7-8-18)17(25)23-13-5-6-14(20)15(21)9-13/h1-6,9H,7-8,10H2,(H,22,24)(H,23,25). The van der Waals surface area contributed by atoms with E-state index in [-0.39, 0.29) is 18.1 Å². The molecule has 1 aliphatic carbocycles. The second kappa shape index (κ2) is 6.80. The topological polar surface area (TPSA) is 58.2 Å². The van der Waals surface area contributed by atoms with Gasteiger partial charge in [0.1, 0.15) is 5.41 Å². The molecule has 0 aliphatic heterocycles. The van der Waals surface area contributed by atoms with Gasteiger partial charge in [0.2, 0.25) is 11.8 Å². The molecule has 0 radical (unpaired) electrons. The van der Waals surface area contributed by atoms with Crippen LogP contribution >= 0.6 is 11.6 Å². The first-order valence-corrected chi connectivity index (χ1v) is 8.08. The lowest BCUT2D eigenvalue weighted by molar-refractivity contribution is -0.134. The van der Waals surface area contributed by atoms with E-state index in [0.717, 1.165) is 17.7 Å². The zero-order chi connectivity index (χ0) is 18.0. The lowest BCUT2D eigenvalue weighted by Gasteiger charge is -2.15. The van der Waals surface area contributed by atoms with Crippen molar-refractivity contribution in [3.8, 4) is 0 Å². The van der Waals surface area contributed by atoms with Gasteiger partial charge in [0.05, 0.1) is 0 Å².